The van der Waals surface area contributed by atoms with Gasteiger partial charge in [-0.05, 0) is 18.6 Å². The normalized spacial score (nSPS) is 9.11. The first kappa shape index (κ1) is 6.08. The van der Waals surface area contributed by atoms with E-state index >= 15 is 0 Å². The highest BCUT2D eigenvalue weighted by atomic mass is 16.5. The second-order valence-corrected chi connectivity index (χ2v) is 1.85. The Morgan fingerprint density at radius 3 is 2.78 bits per heavy atom. The molecule has 0 saturated carbocycles. The molecule has 1 heterocycles. The summed E-state index contributed by atoms with van der Waals surface area (Å²) in [6.45, 7) is 1.99. The predicted molar refractivity (Wildman–Crippen MR) is 35.5 cm³/mol. The highest BCUT2D eigenvalue weighted by Gasteiger charge is 1.92. The summed E-state index contributed by atoms with van der Waals surface area (Å²) in [5.41, 5.74) is 1.12. The van der Waals surface area contributed by atoms with Crippen molar-refractivity contribution in [1.29, 1.82) is 0 Å². The predicted octanol–water partition coefficient (Wildman–Crippen LogP) is 1.40. The molecule has 1 rings (SSSR count). The molecule has 0 atom stereocenters. The average molecular weight is 123 g/mol. The third kappa shape index (κ3) is 1.19. The van der Waals surface area contributed by atoms with Gasteiger partial charge in [0.15, 0.2) is 0 Å². The van der Waals surface area contributed by atoms with Crippen LogP contribution in [-0.4, -0.2) is 12.1 Å². The maximum atomic E-state index is 4.98. The fraction of sp³-hybridized carbons (Fsp3) is 0.286. The molecule has 0 aromatic carbocycles. The number of pyridine rings is 1. The third-order valence-electron chi connectivity index (χ3n) is 1.21. The van der Waals surface area contributed by atoms with Crippen LogP contribution in [0.5, 0.6) is 5.75 Å². The van der Waals surface area contributed by atoms with Gasteiger partial charge in [0.25, 0.3) is 0 Å². The molecule has 0 aliphatic rings. The Labute approximate surface area is 54.5 Å². The van der Waals surface area contributed by atoms with Gasteiger partial charge in [0.2, 0.25) is 0 Å². The smallest absolute Gasteiger partial charge is 0.140 e. The minimum atomic E-state index is 0.845. The molecule has 48 valence electrons. The van der Waals surface area contributed by atoms with Gasteiger partial charge in [0, 0.05) is 6.20 Å². The second kappa shape index (κ2) is 2.49. The van der Waals surface area contributed by atoms with Crippen molar-refractivity contribution in [3.63, 3.8) is 0 Å². The molecule has 0 aliphatic carbocycles. The number of methoxy groups -OCH3 is 1. The average Bonchev–Trinajstić information content (AvgIpc) is 1.89. The van der Waals surface area contributed by atoms with Gasteiger partial charge in [0.05, 0.1) is 13.3 Å². The van der Waals surface area contributed by atoms with Gasteiger partial charge in [0.1, 0.15) is 5.75 Å². The summed E-state index contributed by atoms with van der Waals surface area (Å²) in [6, 6.07) is 1.92. The van der Waals surface area contributed by atoms with Crippen LogP contribution < -0.4 is 4.74 Å². The van der Waals surface area contributed by atoms with E-state index in [-0.39, 0.29) is 0 Å². The van der Waals surface area contributed by atoms with Gasteiger partial charge in [-0.2, -0.15) is 0 Å². The zero-order valence-corrected chi connectivity index (χ0v) is 5.59. The second-order valence-electron chi connectivity index (χ2n) is 1.85. The number of ether oxygens (including phenoxy) is 1. The van der Waals surface area contributed by atoms with Crippen molar-refractivity contribution in [2.24, 2.45) is 0 Å². The van der Waals surface area contributed by atoms with Crippen molar-refractivity contribution in [3.05, 3.63) is 24.0 Å². The van der Waals surface area contributed by atoms with E-state index in [2.05, 4.69) is 4.98 Å². The van der Waals surface area contributed by atoms with Crippen molar-refractivity contribution < 1.29 is 4.74 Å². The number of aromatic nitrogens is 1. The lowest BCUT2D eigenvalue weighted by atomic mass is 10.3. The summed E-state index contributed by atoms with van der Waals surface area (Å²) in [5.74, 6) is 0.845. The van der Waals surface area contributed by atoms with Crippen molar-refractivity contribution >= 4 is 0 Å². The number of hydrogen-bond donors (Lipinski definition) is 0. The summed E-state index contributed by atoms with van der Waals surface area (Å²) in [6.07, 6.45) is 3.45. The molecule has 0 radical (unpaired) electrons. The molecule has 1 aromatic rings. The summed E-state index contributed by atoms with van der Waals surface area (Å²) in [4.78, 5) is 3.89. The number of aryl methyl sites for hydroxylation is 1. The third-order valence-corrected chi connectivity index (χ3v) is 1.21. The van der Waals surface area contributed by atoms with Crippen molar-refractivity contribution in [2.45, 2.75) is 6.92 Å². The van der Waals surface area contributed by atoms with Crippen molar-refractivity contribution in [1.82, 2.24) is 4.98 Å². The first-order valence-corrected chi connectivity index (χ1v) is 2.79. The molecule has 9 heavy (non-hydrogen) atoms. The van der Waals surface area contributed by atoms with Crippen LogP contribution in [0.25, 0.3) is 0 Å². The zero-order chi connectivity index (χ0) is 6.69. The van der Waals surface area contributed by atoms with Crippen LogP contribution in [-0.2, 0) is 0 Å². The van der Waals surface area contributed by atoms with Gasteiger partial charge in [-0.15, -0.1) is 0 Å². The molecule has 0 bridgehead atoms. The molecule has 1 aromatic heterocycles. The summed E-state index contributed by atoms with van der Waals surface area (Å²) >= 11 is 0. The van der Waals surface area contributed by atoms with E-state index in [1.807, 2.05) is 13.0 Å². The first-order valence-electron chi connectivity index (χ1n) is 2.79. The Morgan fingerprint density at radius 2 is 2.33 bits per heavy atom. The van der Waals surface area contributed by atoms with Crippen LogP contribution >= 0.6 is 0 Å². The van der Waals surface area contributed by atoms with Gasteiger partial charge < -0.3 is 4.74 Å². The fourth-order valence-electron chi connectivity index (χ4n) is 0.663. The van der Waals surface area contributed by atoms with Crippen molar-refractivity contribution in [2.75, 3.05) is 7.11 Å². The topological polar surface area (TPSA) is 22.1 Å². The lowest BCUT2D eigenvalue weighted by molar-refractivity contribution is 0.410. The van der Waals surface area contributed by atoms with E-state index in [9.17, 15) is 0 Å². The summed E-state index contributed by atoms with van der Waals surface area (Å²) in [5, 5.41) is 0. The Morgan fingerprint density at radius 1 is 1.56 bits per heavy atom. The SMILES string of the molecule is COc1cnccc1C. The van der Waals surface area contributed by atoms with Crippen LogP contribution in [0.4, 0.5) is 0 Å². The molecule has 0 aliphatic heterocycles. The Bertz CT molecular complexity index is 198. The van der Waals surface area contributed by atoms with Crippen LogP contribution in [0.15, 0.2) is 18.5 Å². The van der Waals surface area contributed by atoms with E-state index in [0.29, 0.717) is 0 Å². The number of rotatable bonds is 1. The van der Waals surface area contributed by atoms with Crippen LogP contribution in [0.1, 0.15) is 5.56 Å². The standard InChI is InChI=1S/C7H9NO/c1-6-3-4-8-5-7(6)9-2/h3-5H,1-2H3. The largest absolute Gasteiger partial charge is 0.495 e. The molecule has 0 amide bonds. The Balaban J connectivity index is 3.01. The lowest BCUT2D eigenvalue weighted by Gasteiger charge is -1.99. The van der Waals surface area contributed by atoms with Gasteiger partial charge in [-0.25, -0.2) is 0 Å². The van der Waals surface area contributed by atoms with Gasteiger partial charge in [-0.3, -0.25) is 4.98 Å². The maximum Gasteiger partial charge on any atom is 0.140 e. The van der Waals surface area contributed by atoms with Crippen LogP contribution in [0, 0.1) is 6.92 Å². The summed E-state index contributed by atoms with van der Waals surface area (Å²) in [7, 11) is 1.64. The van der Waals surface area contributed by atoms with E-state index in [1.165, 1.54) is 0 Å². The molecular weight excluding hydrogens is 114 g/mol. The Hall–Kier alpha value is -1.05. The van der Waals surface area contributed by atoms with E-state index in [1.54, 1.807) is 19.5 Å². The molecular formula is C7H9NO. The molecule has 0 unspecified atom stereocenters. The zero-order valence-electron chi connectivity index (χ0n) is 5.59. The molecule has 0 spiro atoms. The van der Waals surface area contributed by atoms with Gasteiger partial charge in [-0.1, -0.05) is 0 Å². The van der Waals surface area contributed by atoms with E-state index in [4.69, 9.17) is 4.74 Å². The highest BCUT2D eigenvalue weighted by molar-refractivity contribution is 5.27. The first-order chi connectivity index (χ1) is 4.34. The monoisotopic (exact) mass is 123 g/mol. The minimum absolute atomic E-state index is 0.845. The van der Waals surface area contributed by atoms with E-state index in [0.717, 1.165) is 11.3 Å². The molecule has 0 fully saturated rings. The number of hydrogen-bond acceptors (Lipinski definition) is 2. The van der Waals surface area contributed by atoms with E-state index < -0.39 is 0 Å². The summed E-state index contributed by atoms with van der Waals surface area (Å²) < 4.78 is 4.98. The maximum absolute atomic E-state index is 4.98. The lowest BCUT2D eigenvalue weighted by Crippen LogP contribution is -1.86. The Kier molecular flexibility index (Phi) is 1.68. The van der Waals surface area contributed by atoms with Gasteiger partial charge >= 0.3 is 0 Å². The molecule has 0 saturated heterocycles. The minimum Gasteiger partial charge on any atom is -0.495 e. The highest BCUT2D eigenvalue weighted by Crippen LogP contribution is 2.12. The van der Waals surface area contributed by atoms with Crippen LogP contribution in [0.2, 0.25) is 0 Å². The molecule has 2 nitrogen and oxygen atoms in total. The molecule has 0 N–H and O–H groups in total. The van der Waals surface area contributed by atoms with Crippen molar-refractivity contribution in [3.8, 4) is 5.75 Å². The quantitative estimate of drug-likeness (QED) is 0.563. The van der Waals surface area contributed by atoms with Crippen LogP contribution in [0.3, 0.4) is 0 Å². The molecule has 2 heteroatoms. The number of nitrogens with zero attached hydrogens (tertiary/aromatic N) is 1. The fourth-order valence-corrected chi connectivity index (χ4v) is 0.663.